The van der Waals surface area contributed by atoms with Crippen LogP contribution in [0.3, 0.4) is 0 Å². The van der Waals surface area contributed by atoms with Crippen LogP contribution in [0.4, 0.5) is 0 Å². The van der Waals surface area contributed by atoms with Crippen molar-refractivity contribution in [1.82, 2.24) is 0 Å². The van der Waals surface area contributed by atoms with Gasteiger partial charge in [-0.2, -0.15) is 0 Å². The van der Waals surface area contributed by atoms with Gasteiger partial charge in [-0.05, 0) is 0 Å². The molecule has 0 atom stereocenters. The van der Waals surface area contributed by atoms with E-state index >= 15 is 0 Å². The van der Waals surface area contributed by atoms with Gasteiger partial charge in [-0.3, -0.25) is 0 Å². The van der Waals surface area contributed by atoms with Gasteiger partial charge < -0.3 is 0 Å². The first-order chi connectivity index (χ1) is 7.06. The second-order valence-electron chi connectivity index (χ2n) is 5.74. The van der Waals surface area contributed by atoms with Gasteiger partial charge in [0.1, 0.15) is 0 Å². The molecule has 0 rings (SSSR count). The van der Waals surface area contributed by atoms with E-state index in [0.29, 0.717) is 0 Å². The SMILES string of the molecule is CC(C)CCC(CC[CH2][Al+2])CCC(C)C. The van der Waals surface area contributed by atoms with Crippen LogP contribution in [0.15, 0.2) is 0 Å². The first kappa shape index (κ1) is 15.5. The zero-order valence-electron chi connectivity index (χ0n) is 11.3. The van der Waals surface area contributed by atoms with Crippen LogP contribution in [0, 0.1) is 17.8 Å². The summed E-state index contributed by atoms with van der Waals surface area (Å²) in [5.41, 5.74) is 0. The van der Waals surface area contributed by atoms with Gasteiger partial charge in [0.2, 0.25) is 0 Å². The van der Waals surface area contributed by atoms with Crippen LogP contribution in [-0.4, -0.2) is 16.3 Å². The summed E-state index contributed by atoms with van der Waals surface area (Å²) in [6.45, 7) is 9.37. The third-order valence-corrected chi connectivity index (χ3v) is 3.53. The zero-order chi connectivity index (χ0) is 11.7. The molecule has 0 heterocycles. The summed E-state index contributed by atoms with van der Waals surface area (Å²) in [6, 6.07) is 0. The van der Waals surface area contributed by atoms with E-state index in [4.69, 9.17) is 0 Å². The Morgan fingerprint density at radius 1 is 0.733 bits per heavy atom. The van der Waals surface area contributed by atoms with Crippen LogP contribution in [0.25, 0.3) is 0 Å². The fraction of sp³-hybridized carbons (Fsp3) is 1.00. The summed E-state index contributed by atoms with van der Waals surface area (Å²) < 4.78 is 0. The molecular formula is C14H29Al+2. The van der Waals surface area contributed by atoms with E-state index in [0.717, 1.165) is 17.8 Å². The summed E-state index contributed by atoms with van der Waals surface area (Å²) >= 11 is 2.85. The summed E-state index contributed by atoms with van der Waals surface area (Å²) in [7, 11) is 0. The van der Waals surface area contributed by atoms with Crippen molar-refractivity contribution in [3.05, 3.63) is 0 Å². The third-order valence-electron chi connectivity index (χ3n) is 3.12. The van der Waals surface area contributed by atoms with Crippen LogP contribution in [0.1, 0.15) is 66.2 Å². The van der Waals surface area contributed by atoms with Crippen molar-refractivity contribution in [1.29, 1.82) is 0 Å². The van der Waals surface area contributed by atoms with Crippen molar-refractivity contribution in [2.75, 3.05) is 0 Å². The summed E-state index contributed by atoms with van der Waals surface area (Å²) in [6.07, 6.45) is 8.58. The first-order valence-electron chi connectivity index (χ1n) is 6.76. The molecule has 0 aromatic carbocycles. The molecule has 0 aliphatic heterocycles. The third kappa shape index (κ3) is 10.8. The van der Waals surface area contributed by atoms with Crippen molar-refractivity contribution >= 4 is 16.3 Å². The zero-order valence-corrected chi connectivity index (χ0v) is 12.4. The minimum atomic E-state index is 0.877. The number of rotatable bonds is 9. The van der Waals surface area contributed by atoms with Crippen LogP contribution < -0.4 is 0 Å². The maximum atomic E-state index is 2.85. The predicted octanol–water partition coefficient (Wildman–Crippen LogP) is 4.84. The van der Waals surface area contributed by atoms with Crippen LogP contribution >= 0.6 is 0 Å². The molecule has 15 heavy (non-hydrogen) atoms. The Labute approximate surface area is 106 Å². The molecule has 0 aliphatic carbocycles. The summed E-state index contributed by atoms with van der Waals surface area (Å²) in [5.74, 6) is 2.75. The Bertz CT molecular complexity index is 117. The molecule has 0 spiro atoms. The van der Waals surface area contributed by atoms with E-state index in [2.05, 4.69) is 44.0 Å². The quantitative estimate of drug-likeness (QED) is 0.491. The Hall–Kier alpha value is 0.532. The topological polar surface area (TPSA) is 0 Å². The standard InChI is InChI=1S/C14H29.Al/c1-6-7-14(10-8-12(2)3)11-9-13(4)5;/h12-14H,1,6-11H2,2-5H3;/q;+2. The van der Waals surface area contributed by atoms with Crippen molar-refractivity contribution in [3.63, 3.8) is 0 Å². The molecule has 0 saturated heterocycles. The van der Waals surface area contributed by atoms with E-state index in [1.54, 1.807) is 0 Å². The van der Waals surface area contributed by atoms with E-state index in [9.17, 15) is 0 Å². The van der Waals surface area contributed by atoms with Crippen molar-refractivity contribution in [2.45, 2.75) is 71.5 Å². The van der Waals surface area contributed by atoms with Gasteiger partial charge in [0.25, 0.3) is 0 Å². The monoisotopic (exact) mass is 224 g/mol. The molecule has 0 radical (unpaired) electrons. The van der Waals surface area contributed by atoms with E-state index in [1.165, 1.54) is 43.8 Å². The predicted molar refractivity (Wildman–Crippen MR) is 71.4 cm³/mol. The molecule has 0 unspecified atom stereocenters. The molecule has 0 fully saturated rings. The maximum absolute atomic E-state index is 2.85. The van der Waals surface area contributed by atoms with E-state index in [-0.39, 0.29) is 0 Å². The average molecular weight is 224 g/mol. The molecule has 0 N–H and O–H groups in total. The molecule has 0 bridgehead atoms. The number of hydrogen-bond donors (Lipinski definition) is 0. The Morgan fingerprint density at radius 2 is 1.20 bits per heavy atom. The second-order valence-corrected chi connectivity index (χ2v) is 6.32. The van der Waals surface area contributed by atoms with Gasteiger partial charge in [0.05, 0.1) is 0 Å². The van der Waals surface area contributed by atoms with Gasteiger partial charge in [-0.25, -0.2) is 0 Å². The average Bonchev–Trinajstić information content (AvgIpc) is 2.16. The molecule has 86 valence electrons. The fourth-order valence-electron chi connectivity index (χ4n) is 1.98. The molecule has 0 nitrogen and oxygen atoms in total. The molecule has 1 heteroatoms. The van der Waals surface area contributed by atoms with E-state index < -0.39 is 0 Å². The Kier molecular flexibility index (Phi) is 10.1. The van der Waals surface area contributed by atoms with Crippen LogP contribution in [0.2, 0.25) is 5.28 Å². The van der Waals surface area contributed by atoms with Crippen molar-refractivity contribution in [3.8, 4) is 0 Å². The van der Waals surface area contributed by atoms with Gasteiger partial charge in [0, 0.05) is 0 Å². The van der Waals surface area contributed by atoms with Crippen LogP contribution in [0.5, 0.6) is 0 Å². The molecule has 0 saturated carbocycles. The normalized spacial score (nSPS) is 12.1. The molecule has 0 amide bonds. The Balaban J connectivity index is 3.73. The minimum absolute atomic E-state index is 0.877. The second kappa shape index (κ2) is 9.74. The van der Waals surface area contributed by atoms with Gasteiger partial charge in [-0.1, -0.05) is 0 Å². The van der Waals surface area contributed by atoms with Crippen molar-refractivity contribution < 1.29 is 0 Å². The first-order valence-corrected chi connectivity index (χ1v) is 7.58. The molecule has 0 aromatic heterocycles. The van der Waals surface area contributed by atoms with E-state index in [1.807, 2.05) is 0 Å². The van der Waals surface area contributed by atoms with Gasteiger partial charge in [0.15, 0.2) is 0 Å². The molecule has 0 aromatic rings. The molecule has 0 aliphatic rings. The van der Waals surface area contributed by atoms with Crippen LogP contribution in [-0.2, 0) is 0 Å². The van der Waals surface area contributed by atoms with Gasteiger partial charge >= 0.3 is 106 Å². The Morgan fingerprint density at radius 3 is 1.53 bits per heavy atom. The van der Waals surface area contributed by atoms with Gasteiger partial charge in [-0.15, -0.1) is 0 Å². The summed E-state index contributed by atoms with van der Waals surface area (Å²) in [4.78, 5) is 0. The van der Waals surface area contributed by atoms with Crippen molar-refractivity contribution in [2.24, 2.45) is 17.8 Å². The summed E-state index contributed by atoms with van der Waals surface area (Å²) in [5, 5.41) is 1.28. The number of hydrogen-bond acceptors (Lipinski definition) is 0. The molecular weight excluding hydrogens is 195 g/mol. The fourth-order valence-corrected chi connectivity index (χ4v) is 2.21.